The van der Waals surface area contributed by atoms with Crippen molar-refractivity contribution in [2.75, 3.05) is 0 Å². The highest BCUT2D eigenvalue weighted by Crippen LogP contribution is 2.06. The van der Waals surface area contributed by atoms with Crippen molar-refractivity contribution in [3.05, 3.63) is 12.2 Å². The summed E-state index contributed by atoms with van der Waals surface area (Å²) >= 11 is 0. The van der Waals surface area contributed by atoms with Crippen LogP contribution in [0.3, 0.4) is 0 Å². The van der Waals surface area contributed by atoms with E-state index in [4.69, 9.17) is 0 Å². The van der Waals surface area contributed by atoms with Crippen molar-refractivity contribution in [2.24, 2.45) is 5.92 Å². The third kappa shape index (κ3) is 5.11. The summed E-state index contributed by atoms with van der Waals surface area (Å²) in [5.74, 6) is 1.60. The summed E-state index contributed by atoms with van der Waals surface area (Å²) in [6.07, 6.45) is 5.91. The predicted molar refractivity (Wildman–Crippen MR) is 67.7 cm³/mol. The maximum absolute atomic E-state index is 11.7. The van der Waals surface area contributed by atoms with Gasteiger partial charge in [-0.2, -0.15) is 5.10 Å². The Labute approximate surface area is 103 Å². The maximum atomic E-state index is 11.7. The Morgan fingerprint density at radius 1 is 1.41 bits per heavy atom. The van der Waals surface area contributed by atoms with E-state index in [1.807, 2.05) is 4.68 Å². The highest BCUT2D eigenvalue weighted by atomic mass is 16.1. The van der Waals surface area contributed by atoms with Crippen LogP contribution in [0.5, 0.6) is 0 Å². The number of carbonyl (C=O) groups is 1. The van der Waals surface area contributed by atoms with E-state index in [0.717, 1.165) is 31.6 Å². The van der Waals surface area contributed by atoms with Gasteiger partial charge in [0.25, 0.3) is 0 Å². The van der Waals surface area contributed by atoms with Crippen LogP contribution < -0.4 is 0 Å². The molecule has 0 aliphatic heterocycles. The maximum Gasteiger partial charge on any atom is 0.140 e. The Morgan fingerprint density at radius 3 is 2.82 bits per heavy atom. The van der Waals surface area contributed by atoms with Crippen LogP contribution >= 0.6 is 0 Å². The third-order valence-electron chi connectivity index (χ3n) is 2.65. The second kappa shape index (κ2) is 7.20. The van der Waals surface area contributed by atoms with Gasteiger partial charge in [-0.1, -0.05) is 33.6 Å². The second-order valence-electron chi connectivity index (χ2n) is 4.92. The Balaban J connectivity index is 2.44. The molecule has 1 heterocycles. The summed E-state index contributed by atoms with van der Waals surface area (Å²) < 4.78 is 1.85. The molecule has 0 N–H and O–H groups in total. The van der Waals surface area contributed by atoms with Gasteiger partial charge >= 0.3 is 0 Å². The Kier molecular flexibility index (Phi) is 5.87. The van der Waals surface area contributed by atoms with Crippen molar-refractivity contribution >= 4 is 5.78 Å². The number of Topliss-reactive ketones (excluding diaryl/α,β-unsaturated/α-hetero) is 1. The van der Waals surface area contributed by atoms with E-state index < -0.39 is 0 Å². The van der Waals surface area contributed by atoms with Crippen molar-refractivity contribution in [1.29, 1.82) is 0 Å². The first kappa shape index (κ1) is 13.9. The molecule has 0 unspecified atom stereocenters. The highest BCUT2D eigenvalue weighted by molar-refractivity contribution is 5.80. The fourth-order valence-corrected chi connectivity index (χ4v) is 1.76. The highest BCUT2D eigenvalue weighted by Gasteiger charge is 2.10. The van der Waals surface area contributed by atoms with Crippen LogP contribution in [0.25, 0.3) is 0 Å². The molecule has 96 valence electrons. The molecule has 4 heteroatoms. The first-order valence-corrected chi connectivity index (χ1v) is 6.51. The van der Waals surface area contributed by atoms with Crippen molar-refractivity contribution < 1.29 is 4.79 Å². The third-order valence-corrected chi connectivity index (χ3v) is 2.65. The largest absolute Gasteiger partial charge is 0.299 e. The summed E-state index contributed by atoms with van der Waals surface area (Å²) in [6, 6.07) is 0. The lowest BCUT2D eigenvalue weighted by molar-refractivity contribution is -0.118. The van der Waals surface area contributed by atoms with Crippen LogP contribution in [0.15, 0.2) is 6.33 Å². The number of hydrogen-bond donors (Lipinski definition) is 0. The first-order valence-electron chi connectivity index (χ1n) is 6.51. The lowest BCUT2D eigenvalue weighted by Crippen LogP contribution is -2.14. The minimum atomic E-state index is 0.274. The normalized spacial score (nSPS) is 11.1. The van der Waals surface area contributed by atoms with Gasteiger partial charge in [0.2, 0.25) is 0 Å². The number of carbonyl (C=O) groups excluding carboxylic acids is 1. The summed E-state index contributed by atoms with van der Waals surface area (Å²) in [7, 11) is 0. The van der Waals surface area contributed by atoms with E-state index in [-0.39, 0.29) is 5.78 Å². The molecule has 17 heavy (non-hydrogen) atoms. The SMILES string of the molecule is CCCCCC(=O)Cc1ncnn1CC(C)C. The van der Waals surface area contributed by atoms with Crippen LogP contribution in [0.4, 0.5) is 0 Å². The van der Waals surface area contributed by atoms with Gasteiger partial charge in [-0.3, -0.25) is 4.79 Å². The monoisotopic (exact) mass is 237 g/mol. The van der Waals surface area contributed by atoms with Gasteiger partial charge in [-0.25, -0.2) is 9.67 Å². The van der Waals surface area contributed by atoms with Gasteiger partial charge in [0, 0.05) is 13.0 Å². The smallest absolute Gasteiger partial charge is 0.140 e. The zero-order chi connectivity index (χ0) is 12.7. The van der Waals surface area contributed by atoms with Gasteiger partial charge < -0.3 is 0 Å². The van der Waals surface area contributed by atoms with E-state index in [9.17, 15) is 4.79 Å². The fourth-order valence-electron chi connectivity index (χ4n) is 1.76. The number of hydrogen-bond acceptors (Lipinski definition) is 3. The number of rotatable bonds is 8. The van der Waals surface area contributed by atoms with Crippen LogP contribution in [-0.4, -0.2) is 20.5 Å². The molecule has 0 atom stereocenters. The molecule has 0 radical (unpaired) electrons. The average Bonchev–Trinajstić information content (AvgIpc) is 2.65. The molecule has 0 aliphatic carbocycles. The van der Waals surface area contributed by atoms with Gasteiger partial charge in [-0.15, -0.1) is 0 Å². The Morgan fingerprint density at radius 2 is 2.18 bits per heavy atom. The van der Waals surface area contributed by atoms with E-state index >= 15 is 0 Å². The van der Waals surface area contributed by atoms with Crippen molar-refractivity contribution in [1.82, 2.24) is 14.8 Å². The van der Waals surface area contributed by atoms with E-state index in [0.29, 0.717) is 18.8 Å². The minimum absolute atomic E-state index is 0.274. The van der Waals surface area contributed by atoms with Gasteiger partial charge in [0.05, 0.1) is 6.42 Å². The lowest BCUT2D eigenvalue weighted by atomic mass is 10.1. The minimum Gasteiger partial charge on any atom is -0.299 e. The zero-order valence-corrected chi connectivity index (χ0v) is 11.1. The Hall–Kier alpha value is -1.19. The summed E-state index contributed by atoms with van der Waals surface area (Å²) in [5, 5.41) is 4.16. The average molecular weight is 237 g/mol. The number of aromatic nitrogens is 3. The van der Waals surface area contributed by atoms with Crippen LogP contribution in [0.2, 0.25) is 0 Å². The predicted octanol–water partition coefficient (Wildman–Crippen LogP) is 2.63. The molecule has 0 aliphatic rings. The fraction of sp³-hybridized carbons (Fsp3) is 0.769. The molecule has 0 saturated carbocycles. The van der Waals surface area contributed by atoms with Gasteiger partial charge in [0.1, 0.15) is 17.9 Å². The topological polar surface area (TPSA) is 47.8 Å². The number of ketones is 1. The van der Waals surface area contributed by atoms with Crippen molar-refractivity contribution in [3.63, 3.8) is 0 Å². The van der Waals surface area contributed by atoms with Gasteiger partial charge in [0.15, 0.2) is 0 Å². The molecular weight excluding hydrogens is 214 g/mol. The summed E-state index contributed by atoms with van der Waals surface area (Å²) in [4.78, 5) is 15.9. The molecule has 0 spiro atoms. The summed E-state index contributed by atoms with van der Waals surface area (Å²) in [6.45, 7) is 7.24. The van der Waals surface area contributed by atoms with Crippen molar-refractivity contribution in [3.8, 4) is 0 Å². The molecule has 0 fully saturated rings. The van der Waals surface area contributed by atoms with Crippen LogP contribution in [0.1, 0.15) is 52.3 Å². The summed E-state index contributed by atoms with van der Waals surface area (Å²) in [5.41, 5.74) is 0. The quantitative estimate of drug-likeness (QED) is 0.653. The molecular formula is C13H23N3O. The molecule has 1 rings (SSSR count). The molecule has 0 bridgehead atoms. The molecule has 0 aromatic carbocycles. The molecule has 1 aromatic rings. The molecule has 0 amide bonds. The number of unbranched alkanes of at least 4 members (excludes halogenated alkanes) is 2. The van der Waals surface area contributed by atoms with Crippen LogP contribution in [-0.2, 0) is 17.8 Å². The Bertz CT molecular complexity index is 344. The molecule has 1 aromatic heterocycles. The molecule has 4 nitrogen and oxygen atoms in total. The standard InChI is InChI=1S/C13H23N3O/c1-4-5-6-7-12(17)8-13-14-10-15-16(13)9-11(2)3/h10-11H,4-9H2,1-3H3. The zero-order valence-electron chi connectivity index (χ0n) is 11.1. The lowest BCUT2D eigenvalue weighted by Gasteiger charge is -2.07. The number of nitrogens with zero attached hydrogens (tertiary/aromatic N) is 3. The van der Waals surface area contributed by atoms with E-state index in [1.54, 1.807) is 0 Å². The molecule has 0 saturated heterocycles. The second-order valence-corrected chi connectivity index (χ2v) is 4.92. The van der Waals surface area contributed by atoms with Crippen molar-refractivity contribution in [2.45, 2.75) is 59.4 Å². The van der Waals surface area contributed by atoms with Gasteiger partial charge in [-0.05, 0) is 12.3 Å². The first-order chi connectivity index (χ1) is 8.13. The van der Waals surface area contributed by atoms with E-state index in [1.165, 1.54) is 6.33 Å². The van der Waals surface area contributed by atoms with E-state index in [2.05, 4.69) is 30.9 Å². The van der Waals surface area contributed by atoms with Crippen LogP contribution in [0, 0.1) is 5.92 Å².